The van der Waals surface area contributed by atoms with Gasteiger partial charge in [-0.05, 0) is 37.1 Å². The molecule has 0 atom stereocenters. The number of pyridine rings is 1. The van der Waals surface area contributed by atoms with Crippen LogP contribution in [0.25, 0.3) is 5.70 Å². The third-order valence-corrected chi connectivity index (χ3v) is 4.50. The lowest BCUT2D eigenvalue weighted by molar-refractivity contribution is 0.449. The van der Waals surface area contributed by atoms with Crippen molar-refractivity contribution in [2.75, 3.05) is 5.73 Å². The molecule has 3 heterocycles. The number of rotatable bonds is 2. The summed E-state index contributed by atoms with van der Waals surface area (Å²) in [6.07, 6.45) is 9.83. The summed E-state index contributed by atoms with van der Waals surface area (Å²) < 4.78 is 0. The Morgan fingerprint density at radius 3 is 2.81 bits per heavy atom. The molecule has 2 aliphatic heterocycles. The summed E-state index contributed by atoms with van der Waals surface area (Å²) in [7, 11) is 0. The minimum atomic E-state index is 0.473. The van der Waals surface area contributed by atoms with Crippen molar-refractivity contribution in [3.05, 3.63) is 83.7 Å². The summed E-state index contributed by atoms with van der Waals surface area (Å²) in [6, 6.07) is 14.0. The highest BCUT2D eigenvalue weighted by molar-refractivity contribution is 5.87. The molecule has 5 nitrogen and oxygen atoms in total. The number of benzene rings is 1. The second-order valence-corrected chi connectivity index (χ2v) is 6.39. The molecular formula is C21H21N5. The van der Waals surface area contributed by atoms with Gasteiger partial charge >= 0.3 is 0 Å². The molecule has 2 aliphatic rings. The van der Waals surface area contributed by atoms with Crippen LogP contribution in [0.1, 0.15) is 25.3 Å². The Kier molecular flexibility index (Phi) is 4.27. The molecule has 1 aromatic carbocycles. The number of hydrogen-bond acceptors (Lipinski definition) is 4. The lowest BCUT2D eigenvalue weighted by Crippen LogP contribution is -2.39. The second-order valence-electron chi connectivity index (χ2n) is 6.39. The lowest BCUT2D eigenvalue weighted by atomic mass is 10.0. The first kappa shape index (κ1) is 16.1. The summed E-state index contributed by atoms with van der Waals surface area (Å²) >= 11 is 0. The molecule has 0 fully saturated rings. The number of nitrogen functional groups attached to an aromatic ring is 1. The fourth-order valence-corrected chi connectivity index (χ4v) is 3.16. The van der Waals surface area contributed by atoms with Gasteiger partial charge in [0.2, 0.25) is 0 Å². The highest BCUT2D eigenvalue weighted by atomic mass is 15.5. The number of aromatic nitrogens is 1. The molecule has 0 unspecified atom stereocenters. The summed E-state index contributed by atoms with van der Waals surface area (Å²) in [6.45, 7) is 2.18. The van der Waals surface area contributed by atoms with Crippen molar-refractivity contribution in [3.8, 4) is 0 Å². The van der Waals surface area contributed by atoms with Crippen LogP contribution in [0.2, 0.25) is 0 Å². The van der Waals surface area contributed by atoms with Crippen molar-refractivity contribution >= 4 is 23.0 Å². The molecule has 3 N–H and O–H groups in total. The fraction of sp³-hybridized carbons (Fsp3) is 0.143. The molecule has 1 aromatic heterocycles. The predicted octanol–water partition coefficient (Wildman–Crippen LogP) is 4.18. The van der Waals surface area contributed by atoms with E-state index in [4.69, 9.17) is 10.7 Å². The minimum absolute atomic E-state index is 0.473. The normalized spacial score (nSPS) is 18.3. The first-order valence-electron chi connectivity index (χ1n) is 8.70. The van der Waals surface area contributed by atoms with Crippen LogP contribution in [0, 0.1) is 0 Å². The van der Waals surface area contributed by atoms with Gasteiger partial charge in [0.1, 0.15) is 11.7 Å². The number of hydrogen-bond donors (Lipinski definition) is 2. The maximum atomic E-state index is 5.78. The third-order valence-electron chi connectivity index (χ3n) is 4.50. The van der Waals surface area contributed by atoms with Gasteiger partial charge in [0.25, 0.3) is 0 Å². The van der Waals surface area contributed by atoms with Crippen molar-refractivity contribution in [3.63, 3.8) is 0 Å². The average molecular weight is 343 g/mol. The smallest absolute Gasteiger partial charge is 0.125 e. The largest absolute Gasteiger partial charge is 0.384 e. The highest BCUT2D eigenvalue weighted by Gasteiger charge is 2.23. The molecule has 0 saturated carbocycles. The molecule has 0 saturated heterocycles. The molecule has 5 heteroatoms. The summed E-state index contributed by atoms with van der Waals surface area (Å²) in [5.41, 5.74) is 14.9. The zero-order valence-electron chi connectivity index (χ0n) is 14.7. The van der Waals surface area contributed by atoms with Gasteiger partial charge in [-0.25, -0.2) is 9.98 Å². The van der Waals surface area contributed by atoms with Crippen molar-refractivity contribution < 1.29 is 0 Å². The SMILES string of the molecule is CC1=C2C=CC=C(c3ccccc3)N2NC(=Nc2ccnc(N)c2)CC1. The molecule has 0 spiro atoms. The van der Waals surface area contributed by atoms with Crippen molar-refractivity contribution in [2.24, 2.45) is 4.99 Å². The Bertz CT molecular complexity index is 938. The number of amidine groups is 1. The zero-order chi connectivity index (χ0) is 17.9. The van der Waals surface area contributed by atoms with Crippen molar-refractivity contribution in [1.82, 2.24) is 15.4 Å². The Morgan fingerprint density at radius 1 is 1.15 bits per heavy atom. The zero-order valence-corrected chi connectivity index (χ0v) is 14.7. The van der Waals surface area contributed by atoms with Gasteiger partial charge < -0.3 is 5.73 Å². The number of fused-ring (bicyclic) bond motifs is 1. The Balaban J connectivity index is 1.71. The van der Waals surface area contributed by atoms with Crippen LogP contribution in [-0.2, 0) is 0 Å². The minimum Gasteiger partial charge on any atom is -0.384 e. The number of nitrogens with one attached hydrogen (secondary N) is 1. The molecule has 0 bridgehead atoms. The van der Waals surface area contributed by atoms with E-state index in [0.717, 1.165) is 35.6 Å². The quantitative estimate of drug-likeness (QED) is 0.858. The van der Waals surface area contributed by atoms with E-state index in [-0.39, 0.29) is 0 Å². The molecule has 130 valence electrons. The number of allylic oxidation sites excluding steroid dienone is 4. The molecular weight excluding hydrogens is 322 g/mol. The van der Waals surface area contributed by atoms with Gasteiger partial charge in [-0.2, -0.15) is 0 Å². The topological polar surface area (TPSA) is 66.5 Å². The van der Waals surface area contributed by atoms with Crippen LogP contribution in [0.4, 0.5) is 11.5 Å². The number of anilines is 1. The van der Waals surface area contributed by atoms with Crippen LogP contribution in [0.3, 0.4) is 0 Å². The summed E-state index contributed by atoms with van der Waals surface area (Å²) in [4.78, 5) is 8.79. The van der Waals surface area contributed by atoms with Crippen LogP contribution >= 0.6 is 0 Å². The van der Waals surface area contributed by atoms with E-state index in [1.54, 1.807) is 12.3 Å². The van der Waals surface area contributed by atoms with Gasteiger partial charge in [-0.15, -0.1) is 0 Å². The van der Waals surface area contributed by atoms with Crippen LogP contribution in [-0.4, -0.2) is 15.8 Å². The summed E-state index contributed by atoms with van der Waals surface area (Å²) in [5, 5.41) is 2.13. The van der Waals surface area contributed by atoms with E-state index >= 15 is 0 Å². The maximum absolute atomic E-state index is 5.78. The van der Waals surface area contributed by atoms with E-state index in [2.05, 4.69) is 64.8 Å². The van der Waals surface area contributed by atoms with Gasteiger partial charge in [0, 0.05) is 24.2 Å². The van der Waals surface area contributed by atoms with Gasteiger partial charge in [-0.3, -0.25) is 10.4 Å². The Labute approximate surface area is 153 Å². The number of nitrogens with two attached hydrogens (primary N) is 1. The molecule has 0 radical (unpaired) electrons. The van der Waals surface area contributed by atoms with Crippen LogP contribution in [0.15, 0.2) is 83.2 Å². The van der Waals surface area contributed by atoms with Gasteiger partial charge in [0.05, 0.1) is 17.1 Å². The molecule has 0 amide bonds. The van der Waals surface area contributed by atoms with Gasteiger partial charge in [0.15, 0.2) is 0 Å². The first-order chi connectivity index (χ1) is 12.7. The predicted molar refractivity (Wildman–Crippen MR) is 106 cm³/mol. The van der Waals surface area contributed by atoms with Crippen molar-refractivity contribution in [2.45, 2.75) is 19.8 Å². The van der Waals surface area contributed by atoms with Crippen LogP contribution < -0.4 is 11.2 Å². The second kappa shape index (κ2) is 6.88. The number of nitrogens with zero attached hydrogens (tertiary/aromatic N) is 3. The monoisotopic (exact) mass is 343 g/mol. The first-order valence-corrected chi connectivity index (χ1v) is 8.70. The highest BCUT2D eigenvalue weighted by Crippen LogP contribution is 2.31. The van der Waals surface area contributed by atoms with Crippen LogP contribution in [0.5, 0.6) is 0 Å². The molecule has 26 heavy (non-hydrogen) atoms. The van der Waals surface area contributed by atoms with Crippen molar-refractivity contribution in [1.29, 1.82) is 0 Å². The fourth-order valence-electron chi connectivity index (χ4n) is 3.16. The molecule has 2 aromatic rings. The molecule has 4 rings (SSSR count). The Morgan fingerprint density at radius 2 is 2.00 bits per heavy atom. The lowest BCUT2D eigenvalue weighted by Gasteiger charge is -2.31. The van der Waals surface area contributed by atoms with E-state index in [0.29, 0.717) is 5.82 Å². The van der Waals surface area contributed by atoms with E-state index in [1.807, 2.05) is 12.1 Å². The van der Waals surface area contributed by atoms with E-state index < -0.39 is 0 Å². The summed E-state index contributed by atoms with van der Waals surface area (Å²) in [5.74, 6) is 1.38. The standard InChI is InChI=1S/C21H21N5/c1-15-10-11-21(24-17-12-13-23-20(22)14-17)25-26-18(15)8-5-9-19(26)16-6-3-2-4-7-16/h2-9,12-14H,10-11H2,1H3,(H3,22,23,24,25). The number of hydrazine groups is 1. The average Bonchev–Trinajstić information content (AvgIpc) is 2.82. The van der Waals surface area contributed by atoms with E-state index in [9.17, 15) is 0 Å². The van der Waals surface area contributed by atoms with Gasteiger partial charge in [-0.1, -0.05) is 36.4 Å². The maximum Gasteiger partial charge on any atom is 0.125 e. The van der Waals surface area contributed by atoms with E-state index in [1.165, 1.54) is 11.3 Å². The third kappa shape index (κ3) is 3.24. The Hall–Kier alpha value is -3.34. The molecule has 0 aliphatic carbocycles. The number of aliphatic imine (C=N–C) groups is 1.